The van der Waals surface area contributed by atoms with Crippen LogP contribution in [0.5, 0.6) is 0 Å². The number of thioether (sulfide) groups is 1. The summed E-state index contributed by atoms with van der Waals surface area (Å²) in [6, 6.07) is 8.67. The van der Waals surface area contributed by atoms with Crippen molar-refractivity contribution in [1.29, 1.82) is 0 Å². The van der Waals surface area contributed by atoms with E-state index in [1.54, 1.807) is 24.5 Å². The fraction of sp³-hybridized carbons (Fsp3) is 0.238. The van der Waals surface area contributed by atoms with Crippen molar-refractivity contribution in [1.82, 2.24) is 29.1 Å². The number of nitrogens with zero attached hydrogens (tertiary/aromatic N) is 6. The number of halogens is 1. The Morgan fingerprint density at radius 3 is 2.76 bits per heavy atom. The highest BCUT2D eigenvalue weighted by atomic mass is 32.2. The van der Waals surface area contributed by atoms with Crippen molar-refractivity contribution in [3.63, 3.8) is 0 Å². The quantitative estimate of drug-likeness (QED) is 0.366. The zero-order valence-electron chi connectivity index (χ0n) is 15.9. The van der Waals surface area contributed by atoms with Crippen LogP contribution < -0.4 is 0 Å². The SMILES string of the molecule is CSc1nccc(-c2c(-c3ccc(F)cc3)nc3n2[C@H](Cn2ccnc2)CC3)n1. The maximum Gasteiger partial charge on any atom is 0.187 e. The largest absolute Gasteiger partial charge is 0.335 e. The molecule has 0 bridgehead atoms. The predicted octanol–water partition coefficient (Wildman–Crippen LogP) is 4.25. The molecule has 0 amide bonds. The first-order chi connectivity index (χ1) is 14.2. The van der Waals surface area contributed by atoms with Gasteiger partial charge in [0.15, 0.2) is 5.16 Å². The Hall–Kier alpha value is -3.00. The summed E-state index contributed by atoms with van der Waals surface area (Å²) in [5.74, 6) is 0.778. The molecule has 4 heterocycles. The molecular formula is C21H19FN6S. The molecule has 0 N–H and O–H groups in total. The summed E-state index contributed by atoms with van der Waals surface area (Å²) in [5, 5.41) is 0.715. The molecule has 1 aromatic carbocycles. The maximum absolute atomic E-state index is 13.5. The third kappa shape index (κ3) is 3.33. The highest BCUT2D eigenvalue weighted by molar-refractivity contribution is 7.98. The minimum Gasteiger partial charge on any atom is -0.335 e. The van der Waals surface area contributed by atoms with Gasteiger partial charge in [0.05, 0.1) is 29.5 Å². The molecule has 3 aromatic heterocycles. The van der Waals surface area contributed by atoms with Crippen LogP contribution in [0.4, 0.5) is 4.39 Å². The number of imidazole rings is 2. The third-order valence-electron chi connectivity index (χ3n) is 5.21. The lowest BCUT2D eigenvalue weighted by molar-refractivity contribution is 0.451. The lowest BCUT2D eigenvalue weighted by Gasteiger charge is -2.18. The van der Waals surface area contributed by atoms with E-state index in [9.17, 15) is 4.39 Å². The van der Waals surface area contributed by atoms with Crippen LogP contribution >= 0.6 is 11.8 Å². The van der Waals surface area contributed by atoms with Gasteiger partial charge in [-0.1, -0.05) is 11.8 Å². The zero-order chi connectivity index (χ0) is 19.8. The van der Waals surface area contributed by atoms with E-state index in [1.165, 1.54) is 23.9 Å². The van der Waals surface area contributed by atoms with E-state index < -0.39 is 0 Å². The average molecular weight is 406 g/mol. The normalized spacial score (nSPS) is 15.6. The Balaban J connectivity index is 1.67. The molecule has 0 radical (unpaired) electrons. The van der Waals surface area contributed by atoms with E-state index in [2.05, 4.69) is 19.1 Å². The number of aromatic nitrogens is 6. The van der Waals surface area contributed by atoms with Gasteiger partial charge < -0.3 is 9.13 Å². The first-order valence-electron chi connectivity index (χ1n) is 9.43. The number of hydrogen-bond donors (Lipinski definition) is 0. The van der Waals surface area contributed by atoms with Crippen LogP contribution in [0.1, 0.15) is 18.3 Å². The van der Waals surface area contributed by atoms with Crippen LogP contribution in [0.15, 0.2) is 60.4 Å². The summed E-state index contributed by atoms with van der Waals surface area (Å²) in [6.07, 6.45) is 11.3. The molecule has 4 aromatic rings. The second-order valence-corrected chi connectivity index (χ2v) is 7.76. The fourth-order valence-corrected chi connectivity index (χ4v) is 4.27. The lowest BCUT2D eigenvalue weighted by atomic mass is 10.1. The summed E-state index contributed by atoms with van der Waals surface area (Å²) < 4.78 is 17.9. The van der Waals surface area contributed by atoms with E-state index in [4.69, 9.17) is 9.97 Å². The monoisotopic (exact) mass is 406 g/mol. The summed E-state index contributed by atoms with van der Waals surface area (Å²) in [6.45, 7) is 0.819. The Bertz CT molecular complexity index is 1140. The fourth-order valence-electron chi connectivity index (χ4n) is 3.91. The first kappa shape index (κ1) is 18.1. The van der Waals surface area contributed by atoms with Gasteiger partial charge in [-0.2, -0.15) is 0 Å². The van der Waals surface area contributed by atoms with E-state index in [0.717, 1.165) is 47.9 Å². The summed E-state index contributed by atoms with van der Waals surface area (Å²) in [5.41, 5.74) is 3.52. The van der Waals surface area contributed by atoms with Crippen molar-refractivity contribution in [2.24, 2.45) is 0 Å². The molecule has 5 rings (SSSR count). The second-order valence-electron chi connectivity index (χ2n) is 6.98. The van der Waals surface area contributed by atoms with E-state index in [-0.39, 0.29) is 11.9 Å². The van der Waals surface area contributed by atoms with Gasteiger partial charge >= 0.3 is 0 Å². The van der Waals surface area contributed by atoms with Gasteiger partial charge in [-0.25, -0.2) is 24.3 Å². The Morgan fingerprint density at radius 2 is 2.00 bits per heavy atom. The zero-order valence-corrected chi connectivity index (χ0v) is 16.7. The van der Waals surface area contributed by atoms with Crippen LogP contribution in [0, 0.1) is 5.82 Å². The summed E-state index contributed by atoms with van der Waals surface area (Å²) in [4.78, 5) is 18.2. The standard InChI is InChI=1S/C21H19FN6S/c1-29-21-24-9-8-17(25-21)20-19(14-2-4-15(22)5-3-14)26-18-7-6-16(28(18)20)12-27-11-10-23-13-27/h2-5,8-11,13,16H,6-7,12H2,1H3/t16-/m0/s1. The van der Waals surface area contributed by atoms with Crippen molar-refractivity contribution < 1.29 is 4.39 Å². The van der Waals surface area contributed by atoms with E-state index in [1.807, 2.05) is 24.8 Å². The average Bonchev–Trinajstić information content (AvgIpc) is 3.47. The molecule has 0 saturated carbocycles. The van der Waals surface area contributed by atoms with Crippen LogP contribution in [0.2, 0.25) is 0 Å². The Labute approximate surface area is 171 Å². The van der Waals surface area contributed by atoms with Crippen LogP contribution in [0.25, 0.3) is 22.6 Å². The molecule has 1 atom stereocenters. The number of hydrogen-bond acceptors (Lipinski definition) is 5. The van der Waals surface area contributed by atoms with E-state index in [0.29, 0.717) is 5.16 Å². The Morgan fingerprint density at radius 1 is 1.14 bits per heavy atom. The van der Waals surface area contributed by atoms with Gasteiger partial charge in [0, 0.05) is 37.1 Å². The van der Waals surface area contributed by atoms with Crippen molar-refractivity contribution in [3.05, 3.63) is 66.9 Å². The number of aryl methyl sites for hydroxylation is 1. The van der Waals surface area contributed by atoms with Gasteiger partial charge in [0.25, 0.3) is 0 Å². The molecule has 6 nitrogen and oxygen atoms in total. The number of rotatable bonds is 5. The first-order valence-corrected chi connectivity index (χ1v) is 10.7. The van der Waals surface area contributed by atoms with E-state index >= 15 is 0 Å². The summed E-state index contributed by atoms with van der Waals surface area (Å²) in [7, 11) is 0. The van der Waals surface area contributed by atoms with Crippen molar-refractivity contribution >= 4 is 11.8 Å². The molecule has 0 unspecified atom stereocenters. The van der Waals surface area contributed by atoms with Crippen molar-refractivity contribution in [2.75, 3.05) is 6.26 Å². The molecule has 0 saturated heterocycles. The van der Waals surface area contributed by atoms with Gasteiger partial charge in [-0.15, -0.1) is 0 Å². The minimum absolute atomic E-state index is 0.253. The topological polar surface area (TPSA) is 61.4 Å². The predicted molar refractivity (Wildman–Crippen MR) is 110 cm³/mol. The molecule has 1 aliphatic heterocycles. The smallest absolute Gasteiger partial charge is 0.187 e. The van der Waals surface area contributed by atoms with Gasteiger partial charge in [0.2, 0.25) is 0 Å². The minimum atomic E-state index is -0.258. The molecule has 0 spiro atoms. The molecule has 0 fully saturated rings. The van der Waals surface area contributed by atoms with Gasteiger partial charge in [0.1, 0.15) is 11.6 Å². The van der Waals surface area contributed by atoms with Crippen molar-refractivity contribution in [3.8, 4) is 22.6 Å². The second kappa shape index (κ2) is 7.44. The highest BCUT2D eigenvalue weighted by Crippen LogP contribution is 2.39. The van der Waals surface area contributed by atoms with Gasteiger partial charge in [-0.05, 0) is 43.0 Å². The van der Waals surface area contributed by atoms with Crippen molar-refractivity contribution in [2.45, 2.75) is 30.6 Å². The molecule has 146 valence electrons. The van der Waals surface area contributed by atoms with Gasteiger partial charge in [-0.3, -0.25) is 0 Å². The molecule has 1 aliphatic rings. The maximum atomic E-state index is 13.5. The Kier molecular flexibility index (Phi) is 4.63. The molecule has 0 aliphatic carbocycles. The summed E-state index contributed by atoms with van der Waals surface area (Å²) >= 11 is 1.51. The molecule has 8 heteroatoms. The van der Waals surface area contributed by atoms with Crippen LogP contribution in [0.3, 0.4) is 0 Å². The number of benzene rings is 1. The highest BCUT2D eigenvalue weighted by Gasteiger charge is 2.31. The molecular weight excluding hydrogens is 387 g/mol. The number of fused-ring (bicyclic) bond motifs is 1. The van der Waals surface area contributed by atoms with Crippen LogP contribution in [-0.2, 0) is 13.0 Å². The molecule has 29 heavy (non-hydrogen) atoms. The lowest BCUT2D eigenvalue weighted by Crippen LogP contribution is -2.13. The third-order valence-corrected chi connectivity index (χ3v) is 5.77. The van der Waals surface area contributed by atoms with Crippen LogP contribution in [-0.4, -0.2) is 35.3 Å².